The van der Waals surface area contributed by atoms with Crippen LogP contribution in [-0.4, -0.2) is 43.9 Å². The lowest BCUT2D eigenvalue weighted by atomic mass is 9.93. The standard InChI is InChI=1S/C23H30N2O4S/c1-4-8-22(19-9-6-5-7-10-19)23(26)24-20-11-13-21(14-12-20)30(27,28)25-15-17(2)29-18(3)16-25/h5-7,9-14,17-18,22H,4,8,15-16H2,1-3H3,(H,24,26). The van der Waals surface area contributed by atoms with E-state index in [0.717, 1.165) is 18.4 Å². The Balaban J connectivity index is 1.73. The Morgan fingerprint density at radius 2 is 1.67 bits per heavy atom. The molecule has 1 saturated heterocycles. The summed E-state index contributed by atoms with van der Waals surface area (Å²) in [4.78, 5) is 13.1. The van der Waals surface area contributed by atoms with Gasteiger partial charge in [0.25, 0.3) is 0 Å². The van der Waals surface area contributed by atoms with E-state index in [0.29, 0.717) is 18.8 Å². The molecule has 162 valence electrons. The highest BCUT2D eigenvalue weighted by molar-refractivity contribution is 7.89. The molecule has 30 heavy (non-hydrogen) atoms. The van der Waals surface area contributed by atoms with Gasteiger partial charge in [-0.3, -0.25) is 4.79 Å². The first-order valence-corrected chi connectivity index (χ1v) is 11.9. The van der Waals surface area contributed by atoms with E-state index in [2.05, 4.69) is 12.2 Å². The van der Waals surface area contributed by atoms with Crippen LogP contribution < -0.4 is 5.32 Å². The number of carbonyl (C=O) groups is 1. The first-order valence-electron chi connectivity index (χ1n) is 10.4. The zero-order valence-electron chi connectivity index (χ0n) is 17.7. The van der Waals surface area contributed by atoms with Crippen molar-refractivity contribution in [1.82, 2.24) is 4.31 Å². The van der Waals surface area contributed by atoms with Gasteiger partial charge in [-0.25, -0.2) is 8.42 Å². The van der Waals surface area contributed by atoms with Crippen LogP contribution in [0, 0.1) is 0 Å². The van der Waals surface area contributed by atoms with Crippen LogP contribution in [0.1, 0.15) is 45.1 Å². The van der Waals surface area contributed by atoms with Gasteiger partial charge in [-0.2, -0.15) is 4.31 Å². The third-order valence-corrected chi connectivity index (χ3v) is 7.09. The molecule has 1 amide bonds. The predicted octanol–water partition coefficient (Wildman–Crippen LogP) is 4.01. The number of benzene rings is 2. The molecule has 0 saturated carbocycles. The van der Waals surface area contributed by atoms with Gasteiger partial charge >= 0.3 is 0 Å². The fourth-order valence-corrected chi connectivity index (χ4v) is 5.43. The summed E-state index contributed by atoms with van der Waals surface area (Å²) >= 11 is 0. The van der Waals surface area contributed by atoms with Gasteiger partial charge in [-0.15, -0.1) is 0 Å². The van der Waals surface area contributed by atoms with Crippen molar-refractivity contribution in [3.8, 4) is 0 Å². The number of carbonyl (C=O) groups excluding carboxylic acids is 1. The highest BCUT2D eigenvalue weighted by atomic mass is 32.2. The average Bonchev–Trinajstić information content (AvgIpc) is 2.72. The molecular weight excluding hydrogens is 400 g/mol. The van der Waals surface area contributed by atoms with Crippen LogP contribution in [0.4, 0.5) is 5.69 Å². The van der Waals surface area contributed by atoms with Gasteiger partial charge in [0.1, 0.15) is 0 Å². The maximum atomic E-state index is 13.0. The molecule has 1 fully saturated rings. The Kier molecular flexibility index (Phi) is 7.28. The van der Waals surface area contributed by atoms with Gasteiger partial charge in [0.05, 0.1) is 23.0 Å². The van der Waals surface area contributed by atoms with Gasteiger partial charge in [0.2, 0.25) is 15.9 Å². The van der Waals surface area contributed by atoms with E-state index >= 15 is 0 Å². The van der Waals surface area contributed by atoms with E-state index in [1.165, 1.54) is 4.31 Å². The highest BCUT2D eigenvalue weighted by Crippen LogP contribution is 2.25. The maximum Gasteiger partial charge on any atom is 0.243 e. The predicted molar refractivity (Wildman–Crippen MR) is 118 cm³/mol. The lowest BCUT2D eigenvalue weighted by molar-refractivity contribution is -0.117. The molecule has 1 heterocycles. The molecule has 0 aliphatic carbocycles. The molecule has 6 nitrogen and oxygen atoms in total. The molecule has 3 rings (SSSR count). The monoisotopic (exact) mass is 430 g/mol. The van der Waals surface area contributed by atoms with Gasteiger partial charge in [-0.1, -0.05) is 43.7 Å². The molecule has 2 aromatic rings. The summed E-state index contributed by atoms with van der Waals surface area (Å²) in [7, 11) is -3.60. The van der Waals surface area contributed by atoms with Gasteiger partial charge < -0.3 is 10.1 Å². The smallest absolute Gasteiger partial charge is 0.243 e. The molecule has 0 aromatic heterocycles. The molecule has 7 heteroatoms. The molecule has 1 aliphatic heterocycles. The van der Waals surface area contributed by atoms with E-state index in [1.54, 1.807) is 24.3 Å². The van der Waals surface area contributed by atoms with E-state index in [9.17, 15) is 13.2 Å². The number of amides is 1. The molecular formula is C23H30N2O4S. The third-order valence-electron chi connectivity index (χ3n) is 5.24. The molecule has 3 atom stereocenters. The molecule has 0 radical (unpaired) electrons. The number of ether oxygens (including phenoxy) is 1. The normalized spacial score (nSPS) is 21.2. The number of hydrogen-bond donors (Lipinski definition) is 1. The Morgan fingerprint density at radius 1 is 1.07 bits per heavy atom. The summed E-state index contributed by atoms with van der Waals surface area (Å²) in [5.41, 5.74) is 1.56. The molecule has 1 aliphatic rings. The summed E-state index contributed by atoms with van der Waals surface area (Å²) in [5, 5.41) is 2.93. The average molecular weight is 431 g/mol. The largest absolute Gasteiger partial charge is 0.373 e. The molecule has 2 aromatic carbocycles. The van der Waals surface area contributed by atoms with Gasteiger partial charge in [0, 0.05) is 18.8 Å². The van der Waals surface area contributed by atoms with Crippen molar-refractivity contribution in [2.45, 2.75) is 56.6 Å². The number of rotatable bonds is 7. The number of sulfonamides is 1. The van der Waals surface area contributed by atoms with Crippen molar-refractivity contribution in [3.63, 3.8) is 0 Å². The van der Waals surface area contributed by atoms with Crippen molar-refractivity contribution < 1.29 is 17.9 Å². The van der Waals surface area contributed by atoms with E-state index in [-0.39, 0.29) is 28.9 Å². The fourth-order valence-electron chi connectivity index (χ4n) is 3.84. The summed E-state index contributed by atoms with van der Waals surface area (Å²) in [6.45, 7) is 6.46. The molecule has 0 bridgehead atoms. The van der Waals surface area contributed by atoms with Gasteiger partial charge in [0.15, 0.2) is 0 Å². The van der Waals surface area contributed by atoms with Crippen LogP contribution >= 0.6 is 0 Å². The molecule has 3 unspecified atom stereocenters. The van der Waals surface area contributed by atoms with Crippen LogP contribution in [0.3, 0.4) is 0 Å². The van der Waals surface area contributed by atoms with Crippen molar-refractivity contribution in [2.75, 3.05) is 18.4 Å². The topological polar surface area (TPSA) is 75.7 Å². The highest BCUT2D eigenvalue weighted by Gasteiger charge is 2.32. The maximum absolute atomic E-state index is 13.0. The number of anilines is 1. The van der Waals surface area contributed by atoms with Crippen LogP contribution in [0.2, 0.25) is 0 Å². The Bertz CT molecular complexity index is 935. The summed E-state index contributed by atoms with van der Waals surface area (Å²) < 4.78 is 33.0. The van der Waals surface area contributed by atoms with E-state index in [4.69, 9.17) is 4.74 Å². The minimum Gasteiger partial charge on any atom is -0.373 e. The first-order chi connectivity index (χ1) is 14.3. The zero-order valence-corrected chi connectivity index (χ0v) is 18.6. The lowest BCUT2D eigenvalue weighted by Gasteiger charge is -2.34. The van der Waals surface area contributed by atoms with E-state index < -0.39 is 10.0 Å². The number of hydrogen-bond acceptors (Lipinski definition) is 4. The molecule has 0 spiro atoms. The lowest BCUT2D eigenvalue weighted by Crippen LogP contribution is -2.48. The Morgan fingerprint density at radius 3 is 2.23 bits per heavy atom. The van der Waals surface area contributed by atoms with Crippen molar-refractivity contribution in [1.29, 1.82) is 0 Å². The SMILES string of the molecule is CCCC(C(=O)Nc1ccc(S(=O)(=O)N2CC(C)OC(C)C2)cc1)c1ccccc1. The minimum absolute atomic E-state index is 0.0884. The summed E-state index contributed by atoms with van der Waals surface area (Å²) in [5.74, 6) is -0.328. The third kappa shape index (κ3) is 5.28. The number of nitrogens with one attached hydrogen (secondary N) is 1. The second-order valence-electron chi connectivity index (χ2n) is 7.84. The second-order valence-corrected chi connectivity index (χ2v) is 9.78. The Hall–Kier alpha value is -2.22. The Labute approximate surface area is 179 Å². The number of morpholine rings is 1. The minimum atomic E-state index is -3.60. The number of nitrogens with zero attached hydrogens (tertiary/aromatic N) is 1. The zero-order chi connectivity index (χ0) is 21.7. The first kappa shape index (κ1) is 22.5. The molecule has 1 N–H and O–H groups in total. The van der Waals surface area contributed by atoms with Crippen LogP contribution in [0.5, 0.6) is 0 Å². The van der Waals surface area contributed by atoms with Crippen molar-refractivity contribution in [2.24, 2.45) is 0 Å². The van der Waals surface area contributed by atoms with Crippen LogP contribution in [-0.2, 0) is 19.6 Å². The van der Waals surface area contributed by atoms with Gasteiger partial charge in [-0.05, 0) is 50.1 Å². The van der Waals surface area contributed by atoms with Crippen molar-refractivity contribution >= 4 is 21.6 Å². The summed E-state index contributed by atoms with van der Waals surface area (Å²) in [6, 6.07) is 16.1. The fraction of sp³-hybridized carbons (Fsp3) is 0.435. The summed E-state index contributed by atoms with van der Waals surface area (Å²) in [6.07, 6.45) is 1.35. The van der Waals surface area contributed by atoms with Crippen molar-refractivity contribution in [3.05, 3.63) is 60.2 Å². The second kappa shape index (κ2) is 9.73. The quantitative estimate of drug-likeness (QED) is 0.720. The van der Waals surface area contributed by atoms with Crippen LogP contribution in [0.25, 0.3) is 0 Å². The van der Waals surface area contributed by atoms with E-state index in [1.807, 2.05) is 44.2 Å². The van der Waals surface area contributed by atoms with Crippen LogP contribution in [0.15, 0.2) is 59.5 Å².